The molecule has 27 heavy (non-hydrogen) atoms. The molecule has 0 aliphatic carbocycles. The maximum atomic E-state index is 12.4. The smallest absolute Gasteiger partial charge is 0.375 e. The van der Waals surface area contributed by atoms with Crippen LogP contribution in [0.4, 0.5) is 5.69 Å². The summed E-state index contributed by atoms with van der Waals surface area (Å²) >= 11 is 5.95. The van der Waals surface area contributed by atoms with Gasteiger partial charge in [-0.15, -0.1) is 0 Å². The van der Waals surface area contributed by atoms with Gasteiger partial charge in [-0.3, -0.25) is 4.79 Å². The number of furan rings is 1. The van der Waals surface area contributed by atoms with Crippen LogP contribution >= 0.6 is 11.6 Å². The number of benzene rings is 2. The fourth-order valence-corrected chi connectivity index (χ4v) is 2.82. The van der Waals surface area contributed by atoms with Crippen molar-refractivity contribution in [1.82, 2.24) is 0 Å². The van der Waals surface area contributed by atoms with Crippen LogP contribution in [-0.4, -0.2) is 25.1 Å². The molecule has 1 amide bonds. The first-order chi connectivity index (χ1) is 12.9. The molecule has 0 saturated heterocycles. The molecule has 0 aliphatic heterocycles. The highest BCUT2D eigenvalue weighted by Crippen LogP contribution is 2.28. The van der Waals surface area contributed by atoms with Crippen LogP contribution in [0.5, 0.6) is 5.75 Å². The number of anilines is 1. The molecule has 0 radical (unpaired) electrons. The largest absolute Gasteiger partial charge is 0.495 e. The summed E-state index contributed by atoms with van der Waals surface area (Å²) in [5.41, 5.74) is 1.64. The number of para-hydroxylation sites is 1. The van der Waals surface area contributed by atoms with E-state index < -0.39 is 18.0 Å². The van der Waals surface area contributed by atoms with E-state index in [-0.39, 0.29) is 5.76 Å². The third-order valence-corrected chi connectivity index (χ3v) is 4.34. The van der Waals surface area contributed by atoms with Gasteiger partial charge in [0.25, 0.3) is 5.91 Å². The van der Waals surface area contributed by atoms with Crippen molar-refractivity contribution in [3.8, 4) is 5.75 Å². The first-order valence-corrected chi connectivity index (χ1v) is 8.62. The highest BCUT2D eigenvalue weighted by atomic mass is 35.5. The zero-order chi connectivity index (χ0) is 19.6. The van der Waals surface area contributed by atoms with Crippen molar-refractivity contribution in [3.63, 3.8) is 0 Å². The van der Waals surface area contributed by atoms with Crippen LogP contribution in [0.25, 0.3) is 11.0 Å². The van der Waals surface area contributed by atoms with E-state index in [1.165, 1.54) is 14.0 Å². The predicted octanol–water partition coefficient (Wildman–Crippen LogP) is 4.59. The molecular formula is C20H18ClNO5. The topological polar surface area (TPSA) is 77.8 Å². The Labute approximate surface area is 161 Å². The van der Waals surface area contributed by atoms with Gasteiger partial charge in [-0.05, 0) is 38.1 Å². The molecule has 3 rings (SSSR count). The van der Waals surface area contributed by atoms with E-state index in [1.54, 1.807) is 31.2 Å². The Morgan fingerprint density at radius 3 is 2.63 bits per heavy atom. The summed E-state index contributed by atoms with van der Waals surface area (Å²) in [6.07, 6.45) is -1.05. The number of carbonyl (C=O) groups is 2. The van der Waals surface area contributed by atoms with E-state index in [0.717, 1.165) is 5.39 Å². The lowest BCUT2D eigenvalue weighted by atomic mass is 10.1. The lowest BCUT2D eigenvalue weighted by Crippen LogP contribution is -2.30. The number of carbonyl (C=O) groups excluding carboxylic acids is 2. The molecule has 0 unspecified atom stereocenters. The van der Waals surface area contributed by atoms with E-state index in [4.69, 9.17) is 25.5 Å². The molecular weight excluding hydrogens is 370 g/mol. The molecule has 140 valence electrons. The monoisotopic (exact) mass is 387 g/mol. The van der Waals surface area contributed by atoms with Crippen molar-refractivity contribution in [2.24, 2.45) is 0 Å². The maximum absolute atomic E-state index is 12.4. The Bertz CT molecular complexity index is 1010. The van der Waals surface area contributed by atoms with Gasteiger partial charge in [0.15, 0.2) is 6.10 Å². The first-order valence-electron chi connectivity index (χ1n) is 8.24. The number of esters is 1. The summed E-state index contributed by atoms with van der Waals surface area (Å²) in [5.74, 6) is -0.697. The molecule has 0 bridgehead atoms. The van der Waals surface area contributed by atoms with E-state index in [0.29, 0.717) is 27.6 Å². The molecule has 1 N–H and O–H groups in total. The number of hydrogen-bond donors (Lipinski definition) is 1. The zero-order valence-electron chi connectivity index (χ0n) is 15.0. The summed E-state index contributed by atoms with van der Waals surface area (Å²) in [6, 6.07) is 12.1. The average molecular weight is 388 g/mol. The Morgan fingerprint density at radius 1 is 1.19 bits per heavy atom. The number of amides is 1. The Balaban J connectivity index is 1.73. The number of methoxy groups -OCH3 is 1. The second-order valence-electron chi connectivity index (χ2n) is 5.93. The van der Waals surface area contributed by atoms with Crippen molar-refractivity contribution in [1.29, 1.82) is 0 Å². The molecule has 2 aromatic carbocycles. The van der Waals surface area contributed by atoms with Gasteiger partial charge in [0, 0.05) is 16.0 Å². The zero-order valence-corrected chi connectivity index (χ0v) is 15.8. The van der Waals surface area contributed by atoms with E-state index >= 15 is 0 Å². The summed E-state index contributed by atoms with van der Waals surface area (Å²) in [7, 11) is 1.48. The molecule has 1 atom stereocenters. The van der Waals surface area contributed by atoms with Gasteiger partial charge in [0.05, 0.1) is 12.8 Å². The van der Waals surface area contributed by atoms with Crippen molar-refractivity contribution >= 4 is 40.1 Å². The van der Waals surface area contributed by atoms with Gasteiger partial charge in [0.1, 0.15) is 11.3 Å². The number of aryl methyl sites for hydroxylation is 1. The van der Waals surface area contributed by atoms with Gasteiger partial charge in [-0.1, -0.05) is 29.8 Å². The number of hydrogen-bond acceptors (Lipinski definition) is 5. The lowest BCUT2D eigenvalue weighted by molar-refractivity contribution is -0.123. The second-order valence-corrected chi connectivity index (χ2v) is 6.37. The normalized spacial score (nSPS) is 11.9. The minimum Gasteiger partial charge on any atom is -0.495 e. The number of ether oxygens (including phenoxy) is 2. The second kappa shape index (κ2) is 7.72. The molecule has 3 aromatic rings. The molecule has 0 spiro atoms. The van der Waals surface area contributed by atoms with Crippen molar-refractivity contribution < 1.29 is 23.5 Å². The van der Waals surface area contributed by atoms with Crippen LogP contribution in [0, 0.1) is 6.92 Å². The maximum Gasteiger partial charge on any atom is 0.375 e. The summed E-state index contributed by atoms with van der Waals surface area (Å²) in [6.45, 7) is 3.24. The standard InChI is InChI=1S/C20H18ClNO5/c1-11-14-6-4-5-7-16(14)27-18(11)20(24)26-12(2)19(23)22-15-10-13(21)8-9-17(15)25-3/h4-10,12H,1-3H3,(H,22,23)/t12-/m0/s1. The van der Waals surface area contributed by atoms with Crippen LogP contribution in [-0.2, 0) is 9.53 Å². The molecule has 6 nitrogen and oxygen atoms in total. The Morgan fingerprint density at radius 2 is 1.93 bits per heavy atom. The van der Waals surface area contributed by atoms with E-state index in [1.807, 2.05) is 18.2 Å². The van der Waals surface area contributed by atoms with Crippen LogP contribution < -0.4 is 10.1 Å². The third-order valence-electron chi connectivity index (χ3n) is 4.10. The fraction of sp³-hybridized carbons (Fsp3) is 0.200. The summed E-state index contributed by atoms with van der Waals surface area (Å²) in [4.78, 5) is 24.8. The minimum atomic E-state index is -1.05. The van der Waals surface area contributed by atoms with Gasteiger partial charge in [-0.2, -0.15) is 0 Å². The Kier molecular flexibility index (Phi) is 5.37. The van der Waals surface area contributed by atoms with Crippen molar-refractivity contribution in [3.05, 3.63) is 58.8 Å². The molecule has 1 aromatic heterocycles. The lowest BCUT2D eigenvalue weighted by Gasteiger charge is -2.15. The molecule has 0 aliphatic rings. The average Bonchev–Trinajstić information content (AvgIpc) is 2.99. The molecule has 0 fully saturated rings. The number of nitrogens with one attached hydrogen (secondary N) is 1. The third kappa shape index (κ3) is 3.90. The van der Waals surface area contributed by atoms with Crippen molar-refractivity contribution in [2.45, 2.75) is 20.0 Å². The van der Waals surface area contributed by atoms with Gasteiger partial charge >= 0.3 is 5.97 Å². The number of halogens is 1. The van der Waals surface area contributed by atoms with Crippen LogP contribution in [0.15, 0.2) is 46.9 Å². The molecule has 7 heteroatoms. The van der Waals surface area contributed by atoms with E-state index in [9.17, 15) is 9.59 Å². The fourth-order valence-electron chi connectivity index (χ4n) is 2.65. The number of fused-ring (bicyclic) bond motifs is 1. The molecule has 1 heterocycles. The van der Waals surface area contributed by atoms with Crippen LogP contribution in [0.2, 0.25) is 5.02 Å². The van der Waals surface area contributed by atoms with Gasteiger partial charge in [-0.25, -0.2) is 4.79 Å². The summed E-state index contributed by atoms with van der Waals surface area (Å²) in [5, 5.41) is 3.91. The van der Waals surface area contributed by atoms with Crippen LogP contribution in [0.1, 0.15) is 23.0 Å². The first kappa shape index (κ1) is 18.8. The predicted molar refractivity (Wildman–Crippen MR) is 102 cm³/mol. The highest BCUT2D eigenvalue weighted by molar-refractivity contribution is 6.31. The minimum absolute atomic E-state index is 0.0798. The van der Waals surface area contributed by atoms with Gasteiger partial charge in [0.2, 0.25) is 5.76 Å². The SMILES string of the molecule is COc1ccc(Cl)cc1NC(=O)[C@H](C)OC(=O)c1oc2ccccc2c1C. The van der Waals surface area contributed by atoms with Gasteiger partial charge < -0.3 is 19.2 Å². The Hall–Kier alpha value is -2.99. The number of rotatable bonds is 5. The highest BCUT2D eigenvalue weighted by Gasteiger charge is 2.24. The van der Waals surface area contributed by atoms with Crippen LogP contribution in [0.3, 0.4) is 0 Å². The molecule has 0 saturated carbocycles. The summed E-state index contributed by atoms with van der Waals surface area (Å²) < 4.78 is 16.0. The quantitative estimate of drug-likeness (QED) is 0.648. The van der Waals surface area contributed by atoms with E-state index in [2.05, 4.69) is 5.32 Å². The van der Waals surface area contributed by atoms with Crippen molar-refractivity contribution in [2.75, 3.05) is 12.4 Å².